The highest BCUT2D eigenvalue weighted by molar-refractivity contribution is 5.00. The standard InChI is InChI=1S/C13H25N3/c1-5-14-12(10-11(2)3)6-7-13-8-9-15-16(13)4/h8-9,11-12,14H,5-7,10H2,1-4H3. The second-order valence-electron chi connectivity index (χ2n) is 4.87. The minimum absolute atomic E-state index is 0.639. The predicted molar refractivity (Wildman–Crippen MR) is 68.4 cm³/mol. The molecule has 0 amide bonds. The van der Waals surface area contributed by atoms with Gasteiger partial charge in [0.25, 0.3) is 0 Å². The molecular weight excluding hydrogens is 198 g/mol. The topological polar surface area (TPSA) is 29.9 Å². The molecule has 16 heavy (non-hydrogen) atoms. The monoisotopic (exact) mass is 223 g/mol. The number of nitrogens with zero attached hydrogens (tertiary/aromatic N) is 2. The highest BCUT2D eigenvalue weighted by Crippen LogP contribution is 2.11. The summed E-state index contributed by atoms with van der Waals surface area (Å²) in [6, 6.07) is 2.75. The van der Waals surface area contributed by atoms with Crippen molar-refractivity contribution < 1.29 is 0 Å². The fourth-order valence-electron chi connectivity index (χ4n) is 2.13. The summed E-state index contributed by atoms with van der Waals surface area (Å²) < 4.78 is 1.97. The third-order valence-corrected chi connectivity index (χ3v) is 2.92. The van der Waals surface area contributed by atoms with E-state index in [1.165, 1.54) is 18.5 Å². The molecule has 1 rings (SSSR count). The fourth-order valence-corrected chi connectivity index (χ4v) is 2.13. The summed E-state index contributed by atoms with van der Waals surface area (Å²) in [4.78, 5) is 0. The number of hydrogen-bond donors (Lipinski definition) is 1. The van der Waals surface area contributed by atoms with Crippen LogP contribution in [0.15, 0.2) is 12.3 Å². The maximum atomic E-state index is 4.20. The number of nitrogens with one attached hydrogen (secondary N) is 1. The Bertz CT molecular complexity index is 291. The predicted octanol–water partition coefficient (Wildman–Crippen LogP) is 2.38. The van der Waals surface area contributed by atoms with Crippen molar-refractivity contribution in [3.8, 4) is 0 Å². The summed E-state index contributed by atoms with van der Waals surface area (Å²) in [5.74, 6) is 0.760. The average molecular weight is 223 g/mol. The van der Waals surface area contributed by atoms with Gasteiger partial charge in [0.15, 0.2) is 0 Å². The Kier molecular flexibility index (Phi) is 5.53. The number of hydrogen-bond acceptors (Lipinski definition) is 2. The van der Waals surface area contributed by atoms with Gasteiger partial charge >= 0.3 is 0 Å². The molecule has 1 N–H and O–H groups in total. The molecule has 0 bridgehead atoms. The lowest BCUT2D eigenvalue weighted by Crippen LogP contribution is -2.30. The smallest absolute Gasteiger partial charge is 0.0492 e. The first-order chi connectivity index (χ1) is 7.63. The Morgan fingerprint density at radius 3 is 2.69 bits per heavy atom. The van der Waals surface area contributed by atoms with Crippen LogP contribution in [0.25, 0.3) is 0 Å². The Balaban J connectivity index is 2.40. The van der Waals surface area contributed by atoms with Crippen molar-refractivity contribution in [2.45, 2.75) is 46.1 Å². The summed E-state index contributed by atoms with van der Waals surface area (Å²) in [6.07, 6.45) is 5.44. The molecule has 3 nitrogen and oxygen atoms in total. The van der Waals surface area contributed by atoms with E-state index < -0.39 is 0 Å². The van der Waals surface area contributed by atoms with Crippen LogP contribution in [-0.2, 0) is 13.5 Å². The molecule has 0 fully saturated rings. The highest BCUT2D eigenvalue weighted by Gasteiger charge is 2.10. The Morgan fingerprint density at radius 1 is 1.44 bits per heavy atom. The van der Waals surface area contributed by atoms with Crippen LogP contribution in [-0.4, -0.2) is 22.4 Å². The van der Waals surface area contributed by atoms with Crippen molar-refractivity contribution in [3.63, 3.8) is 0 Å². The maximum absolute atomic E-state index is 4.20. The molecule has 0 saturated carbocycles. The SMILES string of the molecule is CCNC(CCc1ccnn1C)CC(C)C. The molecule has 1 aromatic rings. The summed E-state index contributed by atoms with van der Waals surface area (Å²) in [6.45, 7) is 7.81. The maximum Gasteiger partial charge on any atom is 0.0492 e. The van der Waals surface area contributed by atoms with E-state index in [4.69, 9.17) is 0 Å². The molecule has 0 aliphatic carbocycles. The zero-order valence-corrected chi connectivity index (χ0v) is 11.0. The molecule has 1 atom stereocenters. The Morgan fingerprint density at radius 2 is 2.19 bits per heavy atom. The summed E-state index contributed by atoms with van der Waals surface area (Å²) in [5.41, 5.74) is 1.33. The molecule has 0 aliphatic heterocycles. The summed E-state index contributed by atoms with van der Waals surface area (Å²) >= 11 is 0. The van der Waals surface area contributed by atoms with E-state index in [0.717, 1.165) is 18.9 Å². The molecule has 0 aliphatic rings. The largest absolute Gasteiger partial charge is 0.314 e. The van der Waals surface area contributed by atoms with Gasteiger partial charge in [-0.05, 0) is 37.8 Å². The van der Waals surface area contributed by atoms with Gasteiger partial charge in [0, 0.05) is 25.0 Å². The van der Waals surface area contributed by atoms with Crippen LogP contribution in [0.2, 0.25) is 0 Å². The summed E-state index contributed by atoms with van der Waals surface area (Å²) in [7, 11) is 2.01. The second-order valence-corrected chi connectivity index (χ2v) is 4.87. The lowest BCUT2D eigenvalue weighted by molar-refractivity contribution is 0.402. The van der Waals surface area contributed by atoms with Crippen LogP contribution in [0.5, 0.6) is 0 Å². The molecular formula is C13H25N3. The molecule has 1 aromatic heterocycles. The van der Waals surface area contributed by atoms with Crippen molar-refractivity contribution in [1.82, 2.24) is 15.1 Å². The number of rotatable bonds is 7. The molecule has 0 saturated heterocycles. The summed E-state index contributed by atoms with van der Waals surface area (Å²) in [5, 5.41) is 7.76. The first-order valence-electron chi connectivity index (χ1n) is 6.33. The van der Waals surface area contributed by atoms with Crippen LogP contribution in [0, 0.1) is 5.92 Å². The minimum atomic E-state index is 0.639. The van der Waals surface area contributed by atoms with Gasteiger partial charge in [0.2, 0.25) is 0 Å². The van der Waals surface area contributed by atoms with Crippen LogP contribution in [0.1, 0.15) is 39.3 Å². The van der Waals surface area contributed by atoms with Crippen LogP contribution in [0.4, 0.5) is 0 Å². The second kappa shape index (κ2) is 6.69. The van der Waals surface area contributed by atoms with Gasteiger partial charge in [-0.15, -0.1) is 0 Å². The number of aromatic nitrogens is 2. The van der Waals surface area contributed by atoms with Crippen molar-refractivity contribution in [1.29, 1.82) is 0 Å². The van der Waals surface area contributed by atoms with Crippen LogP contribution in [0.3, 0.4) is 0 Å². The fraction of sp³-hybridized carbons (Fsp3) is 0.769. The van der Waals surface area contributed by atoms with Crippen molar-refractivity contribution in [3.05, 3.63) is 18.0 Å². The van der Waals surface area contributed by atoms with E-state index in [9.17, 15) is 0 Å². The minimum Gasteiger partial charge on any atom is -0.314 e. The first kappa shape index (κ1) is 13.2. The molecule has 92 valence electrons. The van der Waals surface area contributed by atoms with Crippen molar-refractivity contribution in [2.75, 3.05) is 6.54 Å². The normalized spacial score (nSPS) is 13.3. The molecule has 0 radical (unpaired) electrons. The van der Waals surface area contributed by atoms with Gasteiger partial charge in [-0.3, -0.25) is 4.68 Å². The van der Waals surface area contributed by atoms with Gasteiger partial charge in [0.05, 0.1) is 0 Å². The van der Waals surface area contributed by atoms with Gasteiger partial charge in [-0.1, -0.05) is 20.8 Å². The van der Waals surface area contributed by atoms with Crippen LogP contribution < -0.4 is 5.32 Å². The zero-order chi connectivity index (χ0) is 12.0. The number of aryl methyl sites for hydroxylation is 2. The molecule has 0 spiro atoms. The van der Waals surface area contributed by atoms with E-state index in [-0.39, 0.29) is 0 Å². The van der Waals surface area contributed by atoms with Gasteiger partial charge in [-0.25, -0.2) is 0 Å². The van der Waals surface area contributed by atoms with Crippen LogP contribution >= 0.6 is 0 Å². The van der Waals surface area contributed by atoms with Crippen molar-refractivity contribution in [2.24, 2.45) is 13.0 Å². The Hall–Kier alpha value is -0.830. The lowest BCUT2D eigenvalue weighted by atomic mass is 9.99. The Labute approximate surface area is 99.2 Å². The van der Waals surface area contributed by atoms with E-state index >= 15 is 0 Å². The quantitative estimate of drug-likeness (QED) is 0.769. The molecule has 3 heteroatoms. The van der Waals surface area contributed by atoms with Gasteiger partial charge in [-0.2, -0.15) is 5.10 Å². The average Bonchev–Trinajstić information content (AvgIpc) is 2.60. The van der Waals surface area contributed by atoms with E-state index in [0.29, 0.717) is 6.04 Å². The molecule has 1 unspecified atom stereocenters. The first-order valence-corrected chi connectivity index (χ1v) is 6.33. The van der Waals surface area contributed by atoms with E-state index in [1.54, 1.807) is 0 Å². The van der Waals surface area contributed by atoms with E-state index in [2.05, 4.69) is 37.3 Å². The molecule has 1 heterocycles. The highest BCUT2D eigenvalue weighted by atomic mass is 15.2. The van der Waals surface area contributed by atoms with Crippen molar-refractivity contribution >= 4 is 0 Å². The van der Waals surface area contributed by atoms with Gasteiger partial charge < -0.3 is 5.32 Å². The van der Waals surface area contributed by atoms with Gasteiger partial charge in [0.1, 0.15) is 0 Å². The van der Waals surface area contributed by atoms with E-state index in [1.807, 2.05) is 17.9 Å². The lowest BCUT2D eigenvalue weighted by Gasteiger charge is -2.19. The third kappa shape index (κ3) is 4.35. The zero-order valence-electron chi connectivity index (χ0n) is 11.0. The third-order valence-electron chi connectivity index (χ3n) is 2.92. The molecule has 0 aromatic carbocycles.